The number of urea groups is 1. The van der Waals surface area contributed by atoms with Crippen LogP contribution in [0, 0.1) is 5.82 Å². The highest BCUT2D eigenvalue weighted by molar-refractivity contribution is 6.42. The molecular weight excluding hydrogens is 504 g/mol. The lowest BCUT2D eigenvalue weighted by Crippen LogP contribution is -2.54. The van der Waals surface area contributed by atoms with Crippen molar-refractivity contribution in [1.29, 1.82) is 0 Å². The SMILES string of the molecule is O=C1NC(=O)N(c2cc(C(F)(F)F)ccc2Cl)C(=O)/C1=C/c1cccc(OCc2ccc(F)cc2)c1. The lowest BCUT2D eigenvalue weighted by molar-refractivity contribution is -0.137. The Morgan fingerprint density at radius 2 is 1.69 bits per heavy atom. The van der Waals surface area contributed by atoms with Gasteiger partial charge in [0.25, 0.3) is 11.8 Å². The highest BCUT2D eigenvalue weighted by Gasteiger charge is 2.39. The number of carbonyl (C=O) groups excluding carboxylic acids is 3. The number of hydrogen-bond donors (Lipinski definition) is 1. The molecule has 36 heavy (non-hydrogen) atoms. The molecule has 1 saturated heterocycles. The first-order valence-electron chi connectivity index (χ1n) is 10.3. The third kappa shape index (κ3) is 5.38. The van der Waals surface area contributed by atoms with Gasteiger partial charge in [-0.2, -0.15) is 13.2 Å². The van der Waals surface area contributed by atoms with Crippen molar-refractivity contribution in [2.24, 2.45) is 0 Å². The highest BCUT2D eigenvalue weighted by Crippen LogP contribution is 2.36. The zero-order valence-corrected chi connectivity index (χ0v) is 18.9. The lowest BCUT2D eigenvalue weighted by Gasteiger charge is -2.27. The normalized spacial score (nSPS) is 15.3. The number of hydrogen-bond acceptors (Lipinski definition) is 4. The average molecular weight is 519 g/mol. The van der Waals surface area contributed by atoms with Crippen molar-refractivity contribution >= 4 is 41.2 Å². The Morgan fingerprint density at radius 3 is 2.39 bits per heavy atom. The molecule has 0 atom stereocenters. The molecular formula is C25H15ClF4N2O4. The summed E-state index contributed by atoms with van der Waals surface area (Å²) in [6, 6.07) is 12.9. The van der Waals surface area contributed by atoms with E-state index in [1.165, 1.54) is 24.3 Å². The number of ether oxygens (including phenoxy) is 1. The van der Waals surface area contributed by atoms with Gasteiger partial charge in [-0.3, -0.25) is 14.9 Å². The molecule has 1 N–H and O–H groups in total. The predicted molar refractivity (Wildman–Crippen MR) is 123 cm³/mol. The van der Waals surface area contributed by atoms with Crippen LogP contribution < -0.4 is 15.0 Å². The Hall–Kier alpha value is -4.18. The molecule has 0 unspecified atom stereocenters. The molecule has 3 aromatic carbocycles. The van der Waals surface area contributed by atoms with Gasteiger partial charge in [-0.25, -0.2) is 14.1 Å². The maximum absolute atomic E-state index is 13.2. The number of benzene rings is 3. The van der Waals surface area contributed by atoms with Gasteiger partial charge in [0.1, 0.15) is 23.7 Å². The van der Waals surface area contributed by atoms with E-state index in [0.29, 0.717) is 33.9 Å². The van der Waals surface area contributed by atoms with Crippen LogP contribution in [0.1, 0.15) is 16.7 Å². The van der Waals surface area contributed by atoms with Gasteiger partial charge in [-0.1, -0.05) is 35.9 Å². The van der Waals surface area contributed by atoms with E-state index >= 15 is 0 Å². The van der Waals surface area contributed by atoms with E-state index in [9.17, 15) is 31.9 Å². The standard InChI is InChI=1S/C25H15ClF4N2O4/c26-20-9-6-16(25(28,29)30)12-21(20)32-23(34)19(22(33)31-24(32)35)11-15-2-1-3-18(10-15)36-13-14-4-7-17(27)8-5-14/h1-12H,13H2,(H,31,33,35)/b19-11+. The minimum Gasteiger partial charge on any atom is -0.489 e. The summed E-state index contributed by atoms with van der Waals surface area (Å²) in [7, 11) is 0. The zero-order chi connectivity index (χ0) is 26.0. The molecule has 0 radical (unpaired) electrons. The van der Waals surface area contributed by atoms with Crippen molar-refractivity contribution in [1.82, 2.24) is 5.32 Å². The molecule has 1 heterocycles. The van der Waals surface area contributed by atoms with Crippen LogP contribution in [0.3, 0.4) is 0 Å². The minimum absolute atomic E-state index is 0.121. The summed E-state index contributed by atoms with van der Waals surface area (Å²) in [4.78, 5) is 38.2. The number of halogens is 5. The molecule has 3 aromatic rings. The molecule has 1 fully saturated rings. The fraction of sp³-hybridized carbons (Fsp3) is 0.0800. The molecule has 4 rings (SSSR count). The average Bonchev–Trinajstić information content (AvgIpc) is 2.82. The van der Waals surface area contributed by atoms with Crippen LogP contribution in [0.4, 0.5) is 28.0 Å². The Balaban J connectivity index is 1.62. The van der Waals surface area contributed by atoms with E-state index in [1.54, 1.807) is 30.3 Å². The Bertz CT molecular complexity index is 1390. The van der Waals surface area contributed by atoms with Crippen LogP contribution in [-0.4, -0.2) is 17.8 Å². The number of carbonyl (C=O) groups is 3. The summed E-state index contributed by atoms with van der Waals surface area (Å²) >= 11 is 5.99. The van der Waals surface area contributed by atoms with Gasteiger partial charge in [0.15, 0.2) is 0 Å². The molecule has 4 amide bonds. The molecule has 11 heteroatoms. The Kier molecular flexibility index (Phi) is 6.80. The second-order valence-electron chi connectivity index (χ2n) is 7.61. The first-order valence-corrected chi connectivity index (χ1v) is 10.7. The second kappa shape index (κ2) is 9.82. The van der Waals surface area contributed by atoms with Gasteiger partial charge in [-0.05, 0) is 59.7 Å². The third-order valence-electron chi connectivity index (χ3n) is 5.10. The predicted octanol–water partition coefficient (Wildman–Crippen LogP) is 5.74. The topological polar surface area (TPSA) is 75.7 Å². The quantitative estimate of drug-likeness (QED) is 0.265. The van der Waals surface area contributed by atoms with Crippen molar-refractivity contribution in [2.45, 2.75) is 12.8 Å². The van der Waals surface area contributed by atoms with Gasteiger partial charge < -0.3 is 4.74 Å². The summed E-state index contributed by atoms with van der Waals surface area (Å²) in [6.45, 7) is 0.121. The highest BCUT2D eigenvalue weighted by atomic mass is 35.5. The van der Waals surface area contributed by atoms with Gasteiger partial charge in [0, 0.05) is 0 Å². The molecule has 1 aliphatic rings. The van der Waals surface area contributed by atoms with Crippen molar-refractivity contribution in [3.05, 3.63) is 99.8 Å². The van der Waals surface area contributed by atoms with Crippen LogP contribution in [0.2, 0.25) is 5.02 Å². The summed E-state index contributed by atoms with van der Waals surface area (Å²) in [6.07, 6.45) is -3.58. The summed E-state index contributed by atoms with van der Waals surface area (Å²) in [5, 5.41) is 1.64. The van der Waals surface area contributed by atoms with E-state index in [-0.39, 0.29) is 17.4 Å². The van der Waals surface area contributed by atoms with E-state index in [1.807, 2.05) is 5.32 Å². The smallest absolute Gasteiger partial charge is 0.416 e. The number of anilines is 1. The van der Waals surface area contributed by atoms with Crippen molar-refractivity contribution < 1.29 is 36.7 Å². The fourth-order valence-electron chi connectivity index (χ4n) is 3.34. The Labute approximate surface area is 206 Å². The summed E-state index contributed by atoms with van der Waals surface area (Å²) < 4.78 is 58.2. The maximum Gasteiger partial charge on any atom is 0.416 e. The monoisotopic (exact) mass is 518 g/mol. The van der Waals surface area contributed by atoms with Gasteiger partial charge in [-0.15, -0.1) is 0 Å². The van der Waals surface area contributed by atoms with Crippen molar-refractivity contribution in [2.75, 3.05) is 4.90 Å². The van der Waals surface area contributed by atoms with Crippen molar-refractivity contribution in [3.63, 3.8) is 0 Å². The number of barbiturate groups is 1. The van der Waals surface area contributed by atoms with E-state index in [4.69, 9.17) is 16.3 Å². The lowest BCUT2D eigenvalue weighted by atomic mass is 10.1. The number of nitrogens with one attached hydrogen (secondary N) is 1. The maximum atomic E-state index is 13.2. The number of imide groups is 2. The molecule has 0 bridgehead atoms. The molecule has 0 saturated carbocycles. The van der Waals surface area contributed by atoms with E-state index in [2.05, 4.69) is 0 Å². The molecule has 184 valence electrons. The van der Waals surface area contributed by atoms with E-state index < -0.39 is 40.8 Å². The second-order valence-corrected chi connectivity index (χ2v) is 8.02. The Morgan fingerprint density at radius 1 is 0.972 bits per heavy atom. The van der Waals surface area contributed by atoms with Crippen LogP contribution in [0.15, 0.2) is 72.3 Å². The third-order valence-corrected chi connectivity index (χ3v) is 5.42. The molecule has 6 nitrogen and oxygen atoms in total. The number of nitrogens with zero attached hydrogens (tertiary/aromatic N) is 1. The fourth-order valence-corrected chi connectivity index (χ4v) is 3.55. The van der Waals surface area contributed by atoms with Crippen LogP contribution in [0.5, 0.6) is 5.75 Å². The minimum atomic E-state index is -4.75. The number of alkyl halides is 3. The van der Waals surface area contributed by atoms with Gasteiger partial charge in [0.2, 0.25) is 0 Å². The van der Waals surface area contributed by atoms with Crippen LogP contribution >= 0.6 is 11.6 Å². The van der Waals surface area contributed by atoms with Crippen LogP contribution in [0.25, 0.3) is 6.08 Å². The summed E-state index contributed by atoms with van der Waals surface area (Å²) in [5.74, 6) is -2.20. The first-order chi connectivity index (χ1) is 17.0. The first kappa shape index (κ1) is 24.9. The molecule has 0 aliphatic carbocycles. The van der Waals surface area contributed by atoms with Gasteiger partial charge in [0.05, 0.1) is 16.3 Å². The zero-order valence-electron chi connectivity index (χ0n) is 18.1. The van der Waals surface area contributed by atoms with Gasteiger partial charge >= 0.3 is 12.2 Å². The van der Waals surface area contributed by atoms with E-state index in [0.717, 1.165) is 6.07 Å². The van der Waals surface area contributed by atoms with Crippen LogP contribution in [-0.2, 0) is 22.4 Å². The molecule has 0 spiro atoms. The molecule has 1 aliphatic heterocycles. The largest absolute Gasteiger partial charge is 0.489 e. The number of rotatable bonds is 5. The molecule has 0 aromatic heterocycles. The number of amides is 4. The van der Waals surface area contributed by atoms with Crippen molar-refractivity contribution in [3.8, 4) is 5.75 Å². The summed E-state index contributed by atoms with van der Waals surface area (Å²) in [5.41, 5.74) is -1.11.